The van der Waals surface area contributed by atoms with E-state index in [2.05, 4.69) is 61.4 Å². The molecule has 0 bridgehead atoms. The van der Waals surface area contributed by atoms with Crippen molar-refractivity contribution in [3.8, 4) is 33.6 Å². The highest BCUT2D eigenvalue weighted by Crippen LogP contribution is 2.35. The van der Waals surface area contributed by atoms with Crippen molar-refractivity contribution < 1.29 is 28.7 Å². The third-order valence-electron chi connectivity index (χ3n) is 10.9. The molecule has 2 aromatic carbocycles. The molecule has 1 unspecified atom stereocenters. The Labute approximate surface area is 343 Å². The Morgan fingerprint density at radius 1 is 0.700 bits per heavy atom. The summed E-state index contributed by atoms with van der Waals surface area (Å²) in [6.07, 6.45) is 7.33. The minimum absolute atomic E-state index is 0.0880. The van der Waals surface area contributed by atoms with Gasteiger partial charge in [-0.25, -0.2) is 19.6 Å². The number of H-pyrrole nitrogens is 4. The lowest BCUT2D eigenvalue weighted by Gasteiger charge is -2.27. The Morgan fingerprint density at radius 2 is 1.20 bits per heavy atom. The highest BCUT2D eigenvalue weighted by Gasteiger charge is 2.39. The molecule has 60 heavy (non-hydrogen) atoms. The molecule has 20 heteroatoms. The number of aromatic nitrogens is 10. The molecule has 0 radical (unpaired) electrons. The average Bonchev–Trinajstić information content (AvgIpc) is 4.12. The van der Waals surface area contributed by atoms with Gasteiger partial charge in [-0.15, -0.1) is 0 Å². The second-order valence-electron chi connectivity index (χ2n) is 14.6. The molecule has 0 spiro atoms. The van der Waals surface area contributed by atoms with Gasteiger partial charge in [0, 0.05) is 33.0 Å². The molecule has 0 aliphatic carbocycles. The summed E-state index contributed by atoms with van der Waals surface area (Å²) in [5.41, 5.74) is 6.61. The number of aromatic amines is 4. The van der Waals surface area contributed by atoms with Gasteiger partial charge >= 0.3 is 12.2 Å². The number of benzene rings is 2. The fraction of sp³-hybridized carbons (Fsp3) is 0.350. The monoisotopic (exact) mass is 816 g/mol. The van der Waals surface area contributed by atoms with E-state index in [0.717, 1.165) is 52.9 Å². The Bertz CT molecular complexity index is 2230. The molecule has 2 aliphatic rings. The predicted octanol–water partition coefficient (Wildman–Crippen LogP) is 3.63. The van der Waals surface area contributed by atoms with Crippen LogP contribution in [-0.2, 0) is 31.9 Å². The van der Waals surface area contributed by atoms with Crippen molar-refractivity contribution in [3.05, 3.63) is 96.4 Å². The van der Waals surface area contributed by atoms with E-state index in [1.54, 1.807) is 22.2 Å². The highest BCUT2D eigenvalue weighted by molar-refractivity contribution is 5.86. The molecule has 4 aromatic heterocycles. The number of carbonyl (C=O) groups excluding carboxylic acids is 4. The maximum absolute atomic E-state index is 13.8. The van der Waals surface area contributed by atoms with Gasteiger partial charge in [-0.1, -0.05) is 48.5 Å². The molecule has 0 saturated carbocycles. The van der Waals surface area contributed by atoms with Gasteiger partial charge in [-0.3, -0.25) is 9.59 Å². The summed E-state index contributed by atoms with van der Waals surface area (Å²) in [7, 11) is 2.69. The molecule has 2 fully saturated rings. The summed E-state index contributed by atoms with van der Waals surface area (Å²) in [6, 6.07) is 14.8. The van der Waals surface area contributed by atoms with Crippen LogP contribution in [0.25, 0.3) is 33.6 Å². The Morgan fingerprint density at radius 3 is 1.68 bits per heavy atom. The maximum Gasteiger partial charge on any atom is 0.407 e. The first kappa shape index (κ1) is 39.4. The van der Waals surface area contributed by atoms with E-state index in [1.165, 1.54) is 26.6 Å². The number of rotatable bonds is 13. The number of imidazole rings is 2. The quantitative estimate of drug-likeness (QED) is 0.0977. The first-order chi connectivity index (χ1) is 29.3. The van der Waals surface area contributed by atoms with Crippen molar-refractivity contribution in [2.24, 2.45) is 0 Å². The average molecular weight is 817 g/mol. The van der Waals surface area contributed by atoms with Crippen LogP contribution in [0.3, 0.4) is 0 Å². The molecular formula is C40H44N14O6. The predicted molar refractivity (Wildman–Crippen MR) is 213 cm³/mol. The molecular weight excluding hydrogens is 773 g/mol. The van der Waals surface area contributed by atoms with Crippen LogP contribution in [0.1, 0.15) is 60.8 Å². The second-order valence-corrected chi connectivity index (χ2v) is 14.6. The lowest BCUT2D eigenvalue weighted by Crippen LogP contribution is -2.49. The van der Waals surface area contributed by atoms with E-state index in [9.17, 15) is 19.2 Å². The standard InChI is InChI=1S/C40H44N14O6/c1-41-39(57)60-34(18-28-20-45-52-50-28)38(56)54-16-4-6-33(54)36-43-22-31(47-36)26-13-9-24(10-14-26)23-7-11-25(12-8-23)30-21-42-35(46-30)32-5-3-15-53(32)37(55)29(48-40(58)59-2)17-27-19-44-51-49-27/h7-14,19-22,29,32-34H,3-6,15-18H2,1-2H3,(H,41,57)(H,42,46)(H,43,47)(H,48,58)(H,44,49,51)(H,45,50,52)/t29-,32?,33-,34-/m0/s1. The van der Waals surface area contributed by atoms with Crippen LogP contribution < -0.4 is 10.6 Å². The minimum atomic E-state index is -1.07. The Kier molecular flexibility index (Phi) is 11.6. The number of amides is 4. The van der Waals surface area contributed by atoms with Crippen LogP contribution in [0.4, 0.5) is 9.59 Å². The number of ether oxygens (including phenoxy) is 2. The van der Waals surface area contributed by atoms with E-state index >= 15 is 0 Å². The van der Waals surface area contributed by atoms with Crippen LogP contribution in [0.2, 0.25) is 0 Å². The first-order valence-electron chi connectivity index (χ1n) is 19.6. The van der Waals surface area contributed by atoms with Gasteiger partial charge in [0.1, 0.15) is 17.7 Å². The molecule has 20 nitrogen and oxygen atoms in total. The van der Waals surface area contributed by atoms with E-state index in [-0.39, 0.29) is 36.7 Å². The summed E-state index contributed by atoms with van der Waals surface area (Å²) in [4.78, 5) is 71.4. The molecule has 8 rings (SSSR count). The maximum atomic E-state index is 13.8. The van der Waals surface area contributed by atoms with Crippen molar-refractivity contribution in [1.29, 1.82) is 0 Å². The third kappa shape index (κ3) is 8.57. The summed E-state index contributed by atoms with van der Waals surface area (Å²) < 4.78 is 10.2. The zero-order valence-corrected chi connectivity index (χ0v) is 32.9. The number of hydrogen-bond donors (Lipinski definition) is 6. The van der Waals surface area contributed by atoms with Crippen LogP contribution in [-0.4, -0.2) is 124 Å². The van der Waals surface area contributed by atoms with Crippen LogP contribution in [0, 0.1) is 0 Å². The number of likely N-dealkylation sites (tertiary alicyclic amines) is 2. The third-order valence-corrected chi connectivity index (χ3v) is 10.9. The zero-order chi connectivity index (χ0) is 41.6. The fourth-order valence-corrected chi connectivity index (χ4v) is 7.82. The number of methoxy groups -OCH3 is 1. The van der Waals surface area contributed by atoms with E-state index in [0.29, 0.717) is 42.5 Å². The van der Waals surface area contributed by atoms with Gasteiger partial charge in [0.2, 0.25) is 5.91 Å². The van der Waals surface area contributed by atoms with E-state index in [4.69, 9.17) is 9.47 Å². The van der Waals surface area contributed by atoms with E-state index < -0.39 is 24.3 Å². The van der Waals surface area contributed by atoms with Crippen molar-refractivity contribution in [2.45, 2.75) is 62.8 Å². The number of hydrogen-bond acceptors (Lipinski definition) is 12. The number of alkyl carbamates (subject to hydrolysis) is 2. The van der Waals surface area contributed by atoms with E-state index in [1.807, 2.05) is 48.5 Å². The van der Waals surface area contributed by atoms with Gasteiger partial charge in [-0.05, 0) is 47.9 Å². The largest absolute Gasteiger partial charge is 0.453 e. The van der Waals surface area contributed by atoms with Gasteiger partial charge in [0.05, 0.1) is 66.8 Å². The lowest BCUT2D eigenvalue weighted by molar-refractivity contribution is -0.141. The molecule has 6 heterocycles. The van der Waals surface area contributed by atoms with Gasteiger partial charge in [0.25, 0.3) is 5.91 Å². The molecule has 2 aliphatic heterocycles. The van der Waals surface area contributed by atoms with Crippen LogP contribution in [0.5, 0.6) is 0 Å². The van der Waals surface area contributed by atoms with Crippen molar-refractivity contribution in [3.63, 3.8) is 0 Å². The summed E-state index contributed by atoms with van der Waals surface area (Å²) in [5, 5.41) is 25.8. The van der Waals surface area contributed by atoms with Crippen LogP contribution >= 0.6 is 0 Å². The molecule has 310 valence electrons. The SMILES string of the molecule is CNC(=O)O[C@@H](Cc1cn[nH]n1)C(=O)N1CCC[C@H]1c1ncc(-c2ccc(-c3ccc(-c4cnc(C5CCCN5C(=O)[C@H](Cc5cn[nH]n5)NC(=O)OC)[nH]4)cc3)cc2)[nH]1. The normalized spacial score (nSPS) is 17.3. The lowest BCUT2D eigenvalue weighted by atomic mass is 10.0. The molecule has 6 N–H and O–H groups in total. The number of nitrogens with zero attached hydrogens (tertiary/aromatic N) is 8. The van der Waals surface area contributed by atoms with Gasteiger partial charge in [-0.2, -0.15) is 30.8 Å². The summed E-state index contributed by atoms with van der Waals surface area (Å²) >= 11 is 0. The van der Waals surface area contributed by atoms with Crippen molar-refractivity contribution in [2.75, 3.05) is 27.2 Å². The fourth-order valence-electron chi connectivity index (χ4n) is 7.82. The number of carbonyl (C=O) groups is 4. The number of nitrogens with one attached hydrogen (secondary N) is 6. The molecule has 4 atom stereocenters. The highest BCUT2D eigenvalue weighted by atomic mass is 16.6. The van der Waals surface area contributed by atoms with Gasteiger partial charge in [0.15, 0.2) is 6.10 Å². The first-order valence-corrected chi connectivity index (χ1v) is 19.6. The van der Waals surface area contributed by atoms with Gasteiger partial charge < -0.3 is 39.9 Å². The summed E-state index contributed by atoms with van der Waals surface area (Å²) in [6.45, 7) is 1.03. The molecule has 6 aromatic rings. The topological polar surface area (TPSA) is 258 Å². The molecule has 2 saturated heterocycles. The minimum Gasteiger partial charge on any atom is -0.453 e. The smallest absolute Gasteiger partial charge is 0.407 e. The zero-order valence-electron chi connectivity index (χ0n) is 32.9. The van der Waals surface area contributed by atoms with Crippen LogP contribution in [0.15, 0.2) is 73.3 Å². The molecule has 4 amide bonds. The second kappa shape index (κ2) is 17.6. The van der Waals surface area contributed by atoms with Crippen molar-refractivity contribution in [1.82, 2.24) is 71.2 Å². The van der Waals surface area contributed by atoms with Crippen molar-refractivity contribution >= 4 is 24.0 Å². The Balaban J connectivity index is 0.912. The summed E-state index contributed by atoms with van der Waals surface area (Å²) in [5.74, 6) is 0.760. The Hall–Kier alpha value is -7.38.